The Hall–Kier alpha value is -3.01. The molecular weight excluding hydrogens is 416 g/mol. The maximum absolute atomic E-state index is 13.1. The summed E-state index contributed by atoms with van der Waals surface area (Å²) >= 11 is 0. The largest absolute Gasteiger partial charge is 0.433 e. The van der Waals surface area contributed by atoms with E-state index in [0.29, 0.717) is 5.56 Å². The molecular formula is C21H20F4N4O2. The second-order valence-electron chi connectivity index (χ2n) is 7.93. The maximum atomic E-state index is 13.1. The number of rotatable bonds is 5. The number of nitrogens with zero attached hydrogens (tertiary/aromatic N) is 3. The van der Waals surface area contributed by atoms with Crippen molar-refractivity contribution in [2.45, 2.75) is 50.4 Å². The maximum Gasteiger partial charge on any atom is 0.433 e. The summed E-state index contributed by atoms with van der Waals surface area (Å²) in [6.45, 7) is 1.42. The van der Waals surface area contributed by atoms with E-state index in [4.69, 9.17) is 0 Å². The number of halogens is 4. The first kappa shape index (κ1) is 21.2. The van der Waals surface area contributed by atoms with E-state index in [1.807, 2.05) is 0 Å². The van der Waals surface area contributed by atoms with Crippen LogP contribution in [0.2, 0.25) is 0 Å². The van der Waals surface area contributed by atoms with Crippen molar-refractivity contribution in [2.24, 2.45) is 0 Å². The van der Waals surface area contributed by atoms with Crippen LogP contribution in [-0.4, -0.2) is 25.5 Å². The summed E-state index contributed by atoms with van der Waals surface area (Å²) in [5.41, 5.74) is -1.96. The third-order valence-corrected chi connectivity index (χ3v) is 5.49. The van der Waals surface area contributed by atoms with Gasteiger partial charge >= 0.3 is 6.18 Å². The van der Waals surface area contributed by atoms with Gasteiger partial charge in [0.15, 0.2) is 5.65 Å². The zero-order valence-electron chi connectivity index (χ0n) is 16.6. The Morgan fingerprint density at radius 2 is 1.84 bits per heavy atom. The minimum Gasteiger partial charge on any atom is -0.385 e. The molecule has 1 unspecified atom stereocenters. The van der Waals surface area contributed by atoms with Gasteiger partial charge in [0.1, 0.15) is 17.0 Å². The molecule has 6 nitrogen and oxygen atoms in total. The van der Waals surface area contributed by atoms with Gasteiger partial charge in [0.2, 0.25) is 11.9 Å². The number of fused-ring (bicyclic) bond motifs is 1. The predicted molar refractivity (Wildman–Crippen MR) is 105 cm³/mol. The molecule has 1 amide bonds. The molecule has 1 fully saturated rings. The third kappa shape index (κ3) is 4.25. The van der Waals surface area contributed by atoms with Crippen LogP contribution in [0.15, 0.2) is 36.4 Å². The molecule has 1 aromatic carbocycles. The molecule has 164 valence electrons. The predicted octanol–water partition coefficient (Wildman–Crippen LogP) is 4.55. The zero-order valence-corrected chi connectivity index (χ0v) is 16.6. The van der Waals surface area contributed by atoms with Crippen LogP contribution in [0, 0.1) is 5.82 Å². The second kappa shape index (κ2) is 7.60. The lowest BCUT2D eigenvalue weighted by molar-refractivity contribution is -0.141. The average Bonchev–Trinajstić information content (AvgIpc) is 2.96. The van der Waals surface area contributed by atoms with Gasteiger partial charge in [-0.05, 0) is 56.0 Å². The summed E-state index contributed by atoms with van der Waals surface area (Å²) < 4.78 is 54.0. The number of alkyl halides is 3. The molecule has 1 saturated carbocycles. The van der Waals surface area contributed by atoms with Crippen molar-refractivity contribution in [3.8, 4) is 0 Å². The fraction of sp³-hybridized carbons (Fsp3) is 0.381. The number of hydrogen-bond donors (Lipinski definition) is 2. The summed E-state index contributed by atoms with van der Waals surface area (Å²) in [5, 5.41) is 13.3. The van der Waals surface area contributed by atoms with Gasteiger partial charge in [0, 0.05) is 6.04 Å². The Morgan fingerprint density at radius 3 is 2.42 bits per heavy atom. The SMILES string of the molecule is CC(O)(CC(=O)Nc1nc2ccc(C(F)(F)F)nc2n1C1CCC1)c1ccc(F)cc1. The second-order valence-corrected chi connectivity index (χ2v) is 7.93. The summed E-state index contributed by atoms with van der Waals surface area (Å²) in [6.07, 6.45) is -2.57. The molecule has 1 atom stereocenters. The topological polar surface area (TPSA) is 80.0 Å². The Kier molecular flexibility index (Phi) is 5.20. The van der Waals surface area contributed by atoms with Gasteiger partial charge in [-0.2, -0.15) is 13.2 Å². The van der Waals surface area contributed by atoms with Crippen LogP contribution in [-0.2, 0) is 16.6 Å². The summed E-state index contributed by atoms with van der Waals surface area (Å²) in [4.78, 5) is 20.7. The van der Waals surface area contributed by atoms with Gasteiger partial charge in [-0.3, -0.25) is 14.7 Å². The molecule has 0 saturated heterocycles. The van der Waals surface area contributed by atoms with E-state index in [1.54, 1.807) is 0 Å². The van der Waals surface area contributed by atoms with Crippen molar-refractivity contribution in [2.75, 3.05) is 5.32 Å². The van der Waals surface area contributed by atoms with Gasteiger partial charge in [0.05, 0.1) is 12.0 Å². The highest BCUT2D eigenvalue weighted by atomic mass is 19.4. The van der Waals surface area contributed by atoms with Crippen LogP contribution in [0.1, 0.15) is 49.9 Å². The smallest absolute Gasteiger partial charge is 0.385 e. The lowest BCUT2D eigenvalue weighted by Gasteiger charge is -2.29. The summed E-state index contributed by atoms with van der Waals surface area (Å²) in [6, 6.07) is 7.09. The molecule has 1 aliphatic carbocycles. The number of aliphatic hydroxyl groups is 1. The summed E-state index contributed by atoms with van der Waals surface area (Å²) in [5.74, 6) is -0.961. The van der Waals surface area contributed by atoms with Crippen LogP contribution in [0.25, 0.3) is 11.2 Å². The van der Waals surface area contributed by atoms with E-state index < -0.39 is 29.2 Å². The third-order valence-electron chi connectivity index (χ3n) is 5.49. The van der Waals surface area contributed by atoms with Crippen molar-refractivity contribution in [1.29, 1.82) is 0 Å². The lowest BCUT2D eigenvalue weighted by atomic mass is 9.92. The lowest BCUT2D eigenvalue weighted by Crippen LogP contribution is -2.30. The highest BCUT2D eigenvalue weighted by Crippen LogP contribution is 2.38. The molecule has 4 rings (SSSR count). The molecule has 2 heterocycles. The number of carbonyl (C=O) groups excluding carboxylic acids is 1. The average molecular weight is 436 g/mol. The van der Waals surface area contributed by atoms with Crippen LogP contribution in [0.5, 0.6) is 0 Å². The molecule has 3 aromatic rings. The minimum atomic E-state index is -4.60. The molecule has 10 heteroatoms. The molecule has 2 aromatic heterocycles. The monoisotopic (exact) mass is 436 g/mol. The Bertz CT molecular complexity index is 1120. The highest BCUT2D eigenvalue weighted by molar-refractivity contribution is 5.91. The first-order valence-electron chi connectivity index (χ1n) is 9.79. The molecule has 2 N–H and O–H groups in total. The molecule has 0 spiro atoms. The Labute approximate surface area is 174 Å². The van der Waals surface area contributed by atoms with E-state index in [1.165, 1.54) is 41.8 Å². The van der Waals surface area contributed by atoms with Crippen molar-refractivity contribution in [1.82, 2.24) is 14.5 Å². The summed E-state index contributed by atoms with van der Waals surface area (Å²) in [7, 11) is 0. The van der Waals surface area contributed by atoms with Gasteiger partial charge < -0.3 is 5.11 Å². The number of anilines is 1. The van der Waals surface area contributed by atoms with Crippen LogP contribution < -0.4 is 5.32 Å². The van der Waals surface area contributed by atoms with Crippen molar-refractivity contribution < 1.29 is 27.5 Å². The van der Waals surface area contributed by atoms with Gasteiger partial charge in [-0.25, -0.2) is 14.4 Å². The van der Waals surface area contributed by atoms with E-state index in [2.05, 4.69) is 15.3 Å². The number of pyridine rings is 1. The first-order chi connectivity index (χ1) is 14.5. The molecule has 0 aliphatic heterocycles. The van der Waals surface area contributed by atoms with Crippen molar-refractivity contribution in [3.05, 3.63) is 53.5 Å². The standard InChI is InChI=1S/C21H20F4N4O2/c1-20(31,12-5-7-13(22)8-6-12)11-17(30)28-19-26-15-9-10-16(21(23,24)25)27-18(15)29(19)14-3-2-4-14/h5-10,14,31H,2-4,11H2,1H3,(H,26,28,30). The Morgan fingerprint density at radius 1 is 1.16 bits per heavy atom. The highest BCUT2D eigenvalue weighted by Gasteiger charge is 2.35. The van der Waals surface area contributed by atoms with Crippen LogP contribution in [0.3, 0.4) is 0 Å². The number of aromatic nitrogens is 3. The van der Waals surface area contributed by atoms with E-state index >= 15 is 0 Å². The van der Waals surface area contributed by atoms with Crippen molar-refractivity contribution in [3.63, 3.8) is 0 Å². The number of hydrogen-bond acceptors (Lipinski definition) is 4. The molecule has 31 heavy (non-hydrogen) atoms. The van der Waals surface area contributed by atoms with Gasteiger partial charge in [-0.15, -0.1) is 0 Å². The normalized spacial score (nSPS) is 16.7. The fourth-order valence-electron chi connectivity index (χ4n) is 3.60. The number of amides is 1. The van der Waals surface area contributed by atoms with Gasteiger partial charge in [0.25, 0.3) is 0 Å². The van der Waals surface area contributed by atoms with E-state index in [-0.39, 0.29) is 29.6 Å². The number of benzene rings is 1. The Balaban J connectivity index is 1.62. The van der Waals surface area contributed by atoms with Gasteiger partial charge in [-0.1, -0.05) is 12.1 Å². The molecule has 0 radical (unpaired) electrons. The quantitative estimate of drug-likeness (QED) is 0.575. The van der Waals surface area contributed by atoms with Crippen LogP contribution in [0.4, 0.5) is 23.5 Å². The number of imidazole rings is 1. The van der Waals surface area contributed by atoms with Crippen LogP contribution >= 0.6 is 0 Å². The molecule has 0 bridgehead atoms. The van der Waals surface area contributed by atoms with Crippen molar-refractivity contribution >= 4 is 23.0 Å². The zero-order chi connectivity index (χ0) is 22.4. The number of carbonyl (C=O) groups is 1. The minimum absolute atomic E-state index is 0.0557. The first-order valence-corrected chi connectivity index (χ1v) is 9.79. The number of nitrogens with one attached hydrogen (secondary N) is 1. The van der Waals surface area contributed by atoms with E-state index in [9.17, 15) is 27.5 Å². The fourth-order valence-corrected chi connectivity index (χ4v) is 3.60. The molecule has 1 aliphatic rings. The van der Waals surface area contributed by atoms with E-state index in [0.717, 1.165) is 25.3 Å².